The smallest absolute Gasteiger partial charge is 0.307 e. The number of hydrogen-bond donors (Lipinski definition) is 1. The van der Waals surface area contributed by atoms with Gasteiger partial charge in [-0.2, -0.15) is 13.2 Å². The van der Waals surface area contributed by atoms with E-state index in [9.17, 15) is 18.0 Å². The van der Waals surface area contributed by atoms with Gasteiger partial charge in [0.2, 0.25) is 0 Å². The maximum Gasteiger partial charge on any atom is 0.418 e. The van der Waals surface area contributed by atoms with Gasteiger partial charge in [0.15, 0.2) is 0 Å². The van der Waals surface area contributed by atoms with Crippen LogP contribution in [0.25, 0.3) is 0 Å². The molecule has 0 spiro atoms. The molecule has 0 aliphatic heterocycles. The second kappa shape index (κ2) is 7.12. The second-order valence-electron chi connectivity index (χ2n) is 6.06. The van der Waals surface area contributed by atoms with Gasteiger partial charge < -0.3 is 10.2 Å². The van der Waals surface area contributed by atoms with Crippen LogP contribution in [0.1, 0.15) is 29.2 Å². The molecule has 0 saturated carbocycles. The summed E-state index contributed by atoms with van der Waals surface area (Å²) in [5, 5.41) is 2.38. The number of nitrogens with zero attached hydrogens (tertiary/aromatic N) is 1. The molecule has 1 unspecified atom stereocenters. The van der Waals surface area contributed by atoms with Gasteiger partial charge in [-0.3, -0.25) is 0 Å². The predicted molar refractivity (Wildman–Crippen MR) is 93.5 cm³/mol. The van der Waals surface area contributed by atoms with E-state index in [-0.39, 0.29) is 18.3 Å². The van der Waals surface area contributed by atoms with Crippen LogP contribution in [0.4, 0.5) is 23.7 Å². The lowest BCUT2D eigenvalue weighted by atomic mass is 10.1. The van der Waals surface area contributed by atoms with Crippen molar-refractivity contribution in [2.24, 2.45) is 0 Å². The fourth-order valence-corrected chi connectivity index (χ4v) is 3.31. The maximum atomic E-state index is 13.1. The van der Waals surface area contributed by atoms with Crippen LogP contribution in [-0.4, -0.2) is 17.5 Å². The highest BCUT2D eigenvalue weighted by Gasteiger charge is 2.35. The third kappa shape index (κ3) is 3.52. The van der Waals surface area contributed by atoms with E-state index in [4.69, 9.17) is 6.42 Å². The fraction of sp³-hybridized carbons (Fsp3) is 0.250. The minimum absolute atomic E-state index is 0.0129. The molecule has 134 valence electrons. The Bertz CT molecular complexity index is 855. The van der Waals surface area contributed by atoms with E-state index in [0.717, 1.165) is 23.6 Å². The van der Waals surface area contributed by atoms with Crippen molar-refractivity contribution in [3.63, 3.8) is 0 Å². The number of alkyl halides is 3. The van der Waals surface area contributed by atoms with E-state index in [1.165, 1.54) is 23.1 Å². The number of terminal acetylenes is 1. The van der Waals surface area contributed by atoms with Gasteiger partial charge in [0.25, 0.3) is 0 Å². The summed E-state index contributed by atoms with van der Waals surface area (Å²) in [5.41, 5.74) is 0.948. The van der Waals surface area contributed by atoms with Crippen LogP contribution < -0.4 is 5.32 Å². The number of hydrogen-bond acceptors (Lipinski definition) is 1. The lowest BCUT2D eigenvalue weighted by Gasteiger charge is -2.28. The van der Waals surface area contributed by atoms with Crippen molar-refractivity contribution in [1.82, 2.24) is 4.90 Å². The highest BCUT2D eigenvalue weighted by atomic mass is 19.4. The summed E-state index contributed by atoms with van der Waals surface area (Å²) >= 11 is 0. The molecule has 6 heteroatoms. The highest BCUT2D eigenvalue weighted by molar-refractivity contribution is 5.91. The molecule has 2 aromatic carbocycles. The van der Waals surface area contributed by atoms with Gasteiger partial charge in [-0.05, 0) is 36.1 Å². The molecule has 0 saturated heterocycles. The Balaban J connectivity index is 1.87. The first kappa shape index (κ1) is 17.9. The van der Waals surface area contributed by atoms with E-state index < -0.39 is 17.8 Å². The number of carbonyl (C=O) groups is 1. The van der Waals surface area contributed by atoms with Crippen LogP contribution >= 0.6 is 0 Å². The third-order valence-electron chi connectivity index (χ3n) is 4.47. The van der Waals surface area contributed by atoms with Gasteiger partial charge in [0.05, 0.1) is 23.8 Å². The summed E-state index contributed by atoms with van der Waals surface area (Å²) in [6.45, 7) is 0.0129. The average molecular weight is 358 g/mol. The molecule has 0 heterocycles. The first-order valence-electron chi connectivity index (χ1n) is 8.17. The van der Waals surface area contributed by atoms with Crippen LogP contribution in [0.15, 0.2) is 48.5 Å². The van der Waals surface area contributed by atoms with Crippen LogP contribution in [0.5, 0.6) is 0 Å². The largest absolute Gasteiger partial charge is 0.418 e. The molecule has 0 aromatic heterocycles. The van der Waals surface area contributed by atoms with Gasteiger partial charge in [0, 0.05) is 0 Å². The molecule has 2 aromatic rings. The van der Waals surface area contributed by atoms with E-state index in [1.807, 2.05) is 24.3 Å². The Labute approximate surface area is 149 Å². The van der Waals surface area contributed by atoms with E-state index in [2.05, 4.69) is 11.2 Å². The molecule has 0 bridgehead atoms. The summed E-state index contributed by atoms with van der Waals surface area (Å²) in [6.07, 6.45) is 2.33. The first-order valence-corrected chi connectivity index (χ1v) is 8.17. The molecule has 3 rings (SSSR count). The molecule has 1 N–H and O–H groups in total. The summed E-state index contributed by atoms with van der Waals surface area (Å²) in [5.74, 6) is 2.43. The summed E-state index contributed by atoms with van der Waals surface area (Å²) < 4.78 is 39.4. The molecule has 1 aliphatic carbocycles. The average Bonchev–Trinajstić information content (AvgIpc) is 3.03. The van der Waals surface area contributed by atoms with E-state index in [0.29, 0.717) is 6.42 Å². The number of halogens is 3. The fourth-order valence-electron chi connectivity index (χ4n) is 3.31. The lowest BCUT2D eigenvalue weighted by Crippen LogP contribution is -2.38. The van der Waals surface area contributed by atoms with Gasteiger partial charge in [-0.25, -0.2) is 4.79 Å². The zero-order valence-corrected chi connectivity index (χ0v) is 13.9. The minimum Gasteiger partial charge on any atom is -0.307 e. The summed E-state index contributed by atoms with van der Waals surface area (Å²) in [4.78, 5) is 14.1. The molecule has 3 nitrogen and oxygen atoms in total. The van der Waals surface area contributed by atoms with Crippen LogP contribution in [0.3, 0.4) is 0 Å². The standard InChI is InChI=1S/C20H17F3N2O/c1-2-13-25(18-12-11-14-7-3-4-8-15(14)18)19(26)24-17-10-6-5-9-16(17)20(21,22)23/h1,3-10,18H,11-13H2,(H,24,26). The van der Waals surface area contributed by atoms with Crippen LogP contribution in [-0.2, 0) is 12.6 Å². The number of nitrogens with one attached hydrogen (secondary N) is 1. The second-order valence-corrected chi connectivity index (χ2v) is 6.06. The topological polar surface area (TPSA) is 32.3 Å². The maximum absolute atomic E-state index is 13.1. The van der Waals surface area contributed by atoms with Gasteiger partial charge in [-0.1, -0.05) is 42.3 Å². The summed E-state index contributed by atoms with van der Waals surface area (Å²) in [7, 11) is 0. The van der Waals surface area contributed by atoms with Crippen LogP contribution in [0, 0.1) is 12.3 Å². The number of para-hydroxylation sites is 1. The molecular weight excluding hydrogens is 341 g/mol. The number of carbonyl (C=O) groups excluding carboxylic acids is 1. The van der Waals surface area contributed by atoms with Gasteiger partial charge >= 0.3 is 12.2 Å². The van der Waals surface area contributed by atoms with Crippen molar-refractivity contribution >= 4 is 11.7 Å². The molecule has 1 aliphatic rings. The number of amides is 2. The van der Waals surface area contributed by atoms with Crippen molar-refractivity contribution in [2.75, 3.05) is 11.9 Å². The van der Waals surface area contributed by atoms with Gasteiger partial charge in [0.1, 0.15) is 0 Å². The molecule has 2 amide bonds. The number of urea groups is 1. The van der Waals surface area contributed by atoms with Crippen molar-refractivity contribution in [1.29, 1.82) is 0 Å². The Morgan fingerprint density at radius 2 is 1.88 bits per heavy atom. The molecule has 26 heavy (non-hydrogen) atoms. The predicted octanol–water partition coefficient (Wildman–Crippen LogP) is 4.86. The Morgan fingerprint density at radius 3 is 2.62 bits per heavy atom. The number of fused-ring (bicyclic) bond motifs is 1. The number of rotatable bonds is 3. The minimum atomic E-state index is -4.55. The Hall–Kier alpha value is -2.94. The summed E-state index contributed by atoms with van der Waals surface area (Å²) in [6, 6.07) is 11.7. The van der Waals surface area contributed by atoms with E-state index >= 15 is 0 Å². The first-order chi connectivity index (χ1) is 12.4. The van der Waals surface area contributed by atoms with E-state index in [1.54, 1.807) is 0 Å². The monoisotopic (exact) mass is 358 g/mol. The van der Waals surface area contributed by atoms with Crippen molar-refractivity contribution in [3.8, 4) is 12.3 Å². The van der Waals surface area contributed by atoms with Crippen molar-refractivity contribution in [3.05, 3.63) is 65.2 Å². The molecule has 0 radical (unpaired) electrons. The Morgan fingerprint density at radius 1 is 1.19 bits per heavy atom. The quantitative estimate of drug-likeness (QED) is 0.781. The zero-order chi connectivity index (χ0) is 18.7. The molecule has 1 atom stereocenters. The third-order valence-corrected chi connectivity index (χ3v) is 4.47. The Kier molecular flexibility index (Phi) is 4.90. The molecule has 0 fully saturated rings. The number of benzene rings is 2. The van der Waals surface area contributed by atoms with Crippen LogP contribution in [0.2, 0.25) is 0 Å². The molecular formula is C20H17F3N2O. The zero-order valence-electron chi connectivity index (χ0n) is 13.9. The van der Waals surface area contributed by atoms with Gasteiger partial charge in [-0.15, -0.1) is 6.42 Å². The number of anilines is 1. The van der Waals surface area contributed by atoms with Crippen molar-refractivity contribution < 1.29 is 18.0 Å². The highest BCUT2D eigenvalue weighted by Crippen LogP contribution is 2.37. The lowest BCUT2D eigenvalue weighted by molar-refractivity contribution is -0.136. The normalized spacial score (nSPS) is 15.8. The van der Waals surface area contributed by atoms with Crippen molar-refractivity contribution in [2.45, 2.75) is 25.1 Å². The number of aryl methyl sites for hydroxylation is 1. The SMILES string of the molecule is C#CCN(C(=O)Nc1ccccc1C(F)(F)F)C1CCc2ccccc21.